The number of nitrogens with one attached hydrogen (secondary N) is 2. The number of rotatable bonds is 8. The summed E-state index contributed by atoms with van der Waals surface area (Å²) in [7, 11) is 1.58. The van der Waals surface area contributed by atoms with Gasteiger partial charge in [-0.1, -0.05) is 15.9 Å². The molecule has 8 heteroatoms. The van der Waals surface area contributed by atoms with Gasteiger partial charge in [0, 0.05) is 24.7 Å². The van der Waals surface area contributed by atoms with Crippen molar-refractivity contribution in [2.24, 2.45) is 0 Å². The zero-order chi connectivity index (χ0) is 16.4. The topological polar surface area (TPSA) is 79.8 Å². The van der Waals surface area contributed by atoms with Crippen molar-refractivity contribution < 1.29 is 19.4 Å². The van der Waals surface area contributed by atoms with E-state index in [9.17, 15) is 4.79 Å². The molecule has 0 saturated heterocycles. The molecule has 0 radical (unpaired) electrons. The highest BCUT2D eigenvalue weighted by Gasteiger charge is 2.14. The van der Waals surface area contributed by atoms with E-state index in [0.717, 1.165) is 4.47 Å². The van der Waals surface area contributed by atoms with Crippen LogP contribution in [0.2, 0.25) is 0 Å². The maximum absolute atomic E-state index is 12.3. The first-order valence-electron chi connectivity index (χ1n) is 6.69. The van der Waals surface area contributed by atoms with Gasteiger partial charge in [-0.3, -0.25) is 10.1 Å². The van der Waals surface area contributed by atoms with Crippen LogP contribution in [0.1, 0.15) is 16.8 Å². The van der Waals surface area contributed by atoms with Crippen LogP contribution >= 0.6 is 28.1 Å². The third kappa shape index (κ3) is 6.69. The molecular formula is C14H19BrN2O4S. The molecule has 22 heavy (non-hydrogen) atoms. The van der Waals surface area contributed by atoms with Crippen molar-refractivity contribution in [2.45, 2.75) is 6.42 Å². The largest absolute Gasteiger partial charge is 0.490 e. The zero-order valence-electron chi connectivity index (χ0n) is 12.2. The lowest BCUT2D eigenvalue weighted by molar-refractivity contribution is 0.0968. The van der Waals surface area contributed by atoms with Crippen LogP contribution in [0.5, 0.6) is 5.75 Å². The molecule has 122 valence electrons. The molecule has 1 aromatic rings. The number of aliphatic hydroxyl groups is 1. The molecule has 0 fully saturated rings. The number of halogens is 1. The second kappa shape index (κ2) is 10.5. The molecule has 0 atom stereocenters. The van der Waals surface area contributed by atoms with Gasteiger partial charge in [0.15, 0.2) is 5.11 Å². The minimum Gasteiger partial charge on any atom is -0.490 e. The summed E-state index contributed by atoms with van der Waals surface area (Å²) in [6.45, 7) is 1.33. The predicted molar refractivity (Wildman–Crippen MR) is 91.3 cm³/mol. The van der Waals surface area contributed by atoms with Crippen molar-refractivity contribution in [3.05, 3.63) is 28.2 Å². The molecule has 0 aliphatic heterocycles. The van der Waals surface area contributed by atoms with E-state index in [1.807, 2.05) is 0 Å². The van der Waals surface area contributed by atoms with E-state index in [2.05, 4.69) is 26.6 Å². The van der Waals surface area contributed by atoms with Gasteiger partial charge in [0.25, 0.3) is 5.91 Å². The van der Waals surface area contributed by atoms with Crippen molar-refractivity contribution in [3.63, 3.8) is 0 Å². The highest BCUT2D eigenvalue weighted by molar-refractivity contribution is 9.10. The summed E-state index contributed by atoms with van der Waals surface area (Å²) in [5.41, 5.74) is 0.372. The van der Waals surface area contributed by atoms with E-state index in [1.54, 1.807) is 25.3 Å². The minimum atomic E-state index is -0.366. The first-order valence-corrected chi connectivity index (χ1v) is 7.90. The predicted octanol–water partition coefficient (Wildman–Crippen LogP) is 1.46. The summed E-state index contributed by atoms with van der Waals surface area (Å²) in [6.07, 6.45) is 0.554. The third-order valence-corrected chi connectivity index (χ3v) is 3.32. The zero-order valence-corrected chi connectivity index (χ0v) is 14.6. The van der Waals surface area contributed by atoms with E-state index < -0.39 is 0 Å². The monoisotopic (exact) mass is 390 g/mol. The van der Waals surface area contributed by atoms with Gasteiger partial charge < -0.3 is 19.9 Å². The summed E-state index contributed by atoms with van der Waals surface area (Å²) in [4.78, 5) is 12.3. The Kier molecular flexibility index (Phi) is 8.98. The number of benzene rings is 1. The molecule has 0 spiro atoms. The fraction of sp³-hybridized carbons (Fsp3) is 0.429. The molecule has 0 aliphatic carbocycles. The maximum Gasteiger partial charge on any atom is 0.261 e. The average molecular weight is 391 g/mol. The summed E-state index contributed by atoms with van der Waals surface area (Å²) in [6, 6.07) is 5.15. The van der Waals surface area contributed by atoms with Gasteiger partial charge in [-0.15, -0.1) is 0 Å². The number of amides is 1. The van der Waals surface area contributed by atoms with Gasteiger partial charge in [0.2, 0.25) is 0 Å². The van der Waals surface area contributed by atoms with Crippen LogP contribution in [-0.4, -0.2) is 49.6 Å². The van der Waals surface area contributed by atoms with Crippen LogP contribution in [-0.2, 0) is 4.74 Å². The Morgan fingerprint density at radius 3 is 2.86 bits per heavy atom. The molecule has 3 N–H and O–H groups in total. The molecule has 0 aliphatic rings. The molecule has 6 nitrogen and oxygen atoms in total. The molecule has 0 heterocycles. The van der Waals surface area contributed by atoms with E-state index in [-0.39, 0.29) is 17.6 Å². The van der Waals surface area contributed by atoms with E-state index in [0.29, 0.717) is 37.5 Å². The van der Waals surface area contributed by atoms with Crippen LogP contribution in [0.25, 0.3) is 0 Å². The second-order valence-electron chi connectivity index (χ2n) is 4.27. The van der Waals surface area contributed by atoms with E-state index >= 15 is 0 Å². The number of thiocarbonyl (C=S) groups is 1. The summed E-state index contributed by atoms with van der Waals surface area (Å²) >= 11 is 8.36. The Balaban J connectivity index is 2.69. The fourth-order valence-electron chi connectivity index (χ4n) is 1.54. The van der Waals surface area contributed by atoms with Gasteiger partial charge in [-0.2, -0.15) is 0 Å². The van der Waals surface area contributed by atoms with Crippen molar-refractivity contribution in [1.29, 1.82) is 0 Å². The van der Waals surface area contributed by atoms with E-state index in [1.165, 1.54) is 0 Å². The van der Waals surface area contributed by atoms with Crippen molar-refractivity contribution in [2.75, 3.05) is 33.5 Å². The van der Waals surface area contributed by atoms with Crippen LogP contribution in [0, 0.1) is 0 Å². The number of ether oxygens (including phenoxy) is 2. The molecule has 1 aromatic carbocycles. The second-order valence-corrected chi connectivity index (χ2v) is 5.59. The summed E-state index contributed by atoms with van der Waals surface area (Å²) < 4.78 is 11.2. The molecule has 0 aromatic heterocycles. The van der Waals surface area contributed by atoms with Gasteiger partial charge in [0.1, 0.15) is 12.4 Å². The van der Waals surface area contributed by atoms with Crippen LogP contribution < -0.4 is 15.4 Å². The van der Waals surface area contributed by atoms with Gasteiger partial charge >= 0.3 is 0 Å². The van der Waals surface area contributed by atoms with E-state index in [4.69, 9.17) is 26.8 Å². The number of carbonyl (C=O) groups is 1. The highest BCUT2D eigenvalue weighted by atomic mass is 79.9. The van der Waals surface area contributed by atoms with Gasteiger partial charge in [-0.05, 0) is 36.8 Å². The van der Waals surface area contributed by atoms with Crippen LogP contribution in [0.15, 0.2) is 22.7 Å². The SMILES string of the molecule is COCCOc1ccc(Br)cc1C(=O)NC(=S)NCCCO. The standard InChI is InChI=1S/C14H19BrN2O4S/c1-20-7-8-21-12-4-3-10(15)9-11(12)13(19)17-14(22)16-5-2-6-18/h3-4,9,18H,2,5-8H2,1H3,(H2,16,17,19,22). The highest BCUT2D eigenvalue weighted by Crippen LogP contribution is 2.23. The quantitative estimate of drug-likeness (QED) is 0.460. The normalized spacial score (nSPS) is 10.1. The number of aliphatic hydroxyl groups excluding tert-OH is 1. The Labute approximate surface area is 143 Å². The average Bonchev–Trinajstić information content (AvgIpc) is 2.49. The molecule has 0 bridgehead atoms. The smallest absolute Gasteiger partial charge is 0.261 e. The van der Waals surface area contributed by atoms with Gasteiger partial charge in [0.05, 0.1) is 12.2 Å². The van der Waals surface area contributed by atoms with Crippen molar-refractivity contribution in [1.82, 2.24) is 10.6 Å². The molecule has 0 saturated carbocycles. The van der Waals surface area contributed by atoms with Gasteiger partial charge in [-0.25, -0.2) is 0 Å². The lowest BCUT2D eigenvalue weighted by Gasteiger charge is -2.13. The number of methoxy groups -OCH3 is 1. The maximum atomic E-state index is 12.3. The number of hydrogen-bond donors (Lipinski definition) is 3. The fourth-order valence-corrected chi connectivity index (χ4v) is 2.09. The number of hydrogen-bond acceptors (Lipinski definition) is 5. The first-order chi connectivity index (χ1) is 10.6. The summed E-state index contributed by atoms with van der Waals surface area (Å²) in [5, 5.41) is 14.3. The molecule has 1 amide bonds. The first kappa shape index (κ1) is 18.8. The molecule has 1 rings (SSSR count). The van der Waals surface area contributed by atoms with Crippen LogP contribution in [0.4, 0.5) is 0 Å². The lowest BCUT2D eigenvalue weighted by Crippen LogP contribution is -2.39. The molecular weight excluding hydrogens is 372 g/mol. The Bertz CT molecular complexity index is 514. The van der Waals surface area contributed by atoms with Crippen molar-refractivity contribution in [3.8, 4) is 5.75 Å². The Morgan fingerprint density at radius 1 is 1.41 bits per heavy atom. The summed E-state index contributed by atoms with van der Waals surface area (Å²) in [5.74, 6) is 0.0890. The number of carbonyl (C=O) groups excluding carboxylic acids is 1. The Hall–Kier alpha value is -1.22. The van der Waals surface area contributed by atoms with Crippen LogP contribution in [0.3, 0.4) is 0 Å². The lowest BCUT2D eigenvalue weighted by atomic mass is 10.2. The van der Waals surface area contributed by atoms with Crippen molar-refractivity contribution >= 4 is 39.2 Å². The molecule has 0 unspecified atom stereocenters. The third-order valence-electron chi connectivity index (χ3n) is 2.58. The Morgan fingerprint density at radius 2 is 2.18 bits per heavy atom. The minimum absolute atomic E-state index is 0.0622.